The molecule has 0 aromatic rings. The van der Waals surface area contributed by atoms with Gasteiger partial charge in [0, 0.05) is 11.8 Å². The van der Waals surface area contributed by atoms with Crippen LogP contribution in [-0.4, -0.2) is 36.4 Å². The van der Waals surface area contributed by atoms with Crippen molar-refractivity contribution in [3.05, 3.63) is 23.8 Å². The minimum atomic E-state index is -3.29. The van der Waals surface area contributed by atoms with Crippen LogP contribution in [0.25, 0.3) is 0 Å². The Kier molecular flexibility index (Phi) is 5.18. The van der Waals surface area contributed by atoms with E-state index in [4.69, 9.17) is 0 Å². The maximum Gasteiger partial charge on any atom is 0.160 e. The predicted molar refractivity (Wildman–Crippen MR) is 115 cm³/mol. The van der Waals surface area contributed by atoms with Gasteiger partial charge in [0.2, 0.25) is 0 Å². The molecule has 4 rings (SSSR count). The maximum absolute atomic E-state index is 13.4. The molecule has 4 unspecified atom stereocenters. The van der Waals surface area contributed by atoms with Crippen LogP contribution in [0.3, 0.4) is 0 Å². The third-order valence-electron chi connectivity index (χ3n) is 9.48. The molecular formula is C24H36O4S. The minimum absolute atomic E-state index is 0.0412. The Hall–Kier alpha value is -0.940. The van der Waals surface area contributed by atoms with Gasteiger partial charge >= 0.3 is 0 Å². The molecule has 4 nitrogen and oxygen atoms in total. The van der Waals surface area contributed by atoms with Gasteiger partial charge in [-0.15, -0.1) is 0 Å². The number of sulfone groups is 1. The zero-order chi connectivity index (χ0) is 21.2. The van der Waals surface area contributed by atoms with Crippen molar-refractivity contribution in [2.75, 3.05) is 6.61 Å². The highest BCUT2D eigenvalue weighted by molar-refractivity contribution is 7.93. The van der Waals surface area contributed by atoms with Crippen LogP contribution in [0.15, 0.2) is 23.8 Å². The number of allylic oxidation sites excluding steroid dienone is 1. The van der Waals surface area contributed by atoms with Gasteiger partial charge < -0.3 is 5.11 Å². The first-order chi connectivity index (χ1) is 13.6. The summed E-state index contributed by atoms with van der Waals surface area (Å²) < 4.78 is 26.9. The van der Waals surface area contributed by atoms with Gasteiger partial charge in [0.05, 0.1) is 17.1 Å². The molecule has 4 aliphatic rings. The van der Waals surface area contributed by atoms with Gasteiger partial charge in [0.1, 0.15) is 0 Å². The van der Waals surface area contributed by atoms with E-state index in [1.165, 1.54) is 0 Å². The molecule has 29 heavy (non-hydrogen) atoms. The molecule has 0 bridgehead atoms. The predicted octanol–water partition coefficient (Wildman–Crippen LogP) is 4.24. The number of hydrogen-bond donors (Lipinski definition) is 1. The Morgan fingerprint density at radius 3 is 2.66 bits per heavy atom. The molecule has 0 amide bonds. The van der Waals surface area contributed by atoms with E-state index in [1.807, 2.05) is 6.92 Å². The van der Waals surface area contributed by atoms with Crippen molar-refractivity contribution >= 4 is 15.6 Å². The van der Waals surface area contributed by atoms with Crippen molar-refractivity contribution in [2.24, 2.45) is 28.6 Å². The second-order valence-corrected chi connectivity index (χ2v) is 13.1. The lowest BCUT2D eigenvalue weighted by Gasteiger charge is -2.46. The summed E-state index contributed by atoms with van der Waals surface area (Å²) in [5.74, 6) is 1.25. The van der Waals surface area contributed by atoms with E-state index < -0.39 is 25.8 Å². The van der Waals surface area contributed by atoms with Crippen molar-refractivity contribution in [1.29, 1.82) is 0 Å². The number of rotatable bonds is 4. The number of fused-ring (bicyclic) bond motifs is 2. The quantitative estimate of drug-likeness (QED) is 0.691. The van der Waals surface area contributed by atoms with E-state index >= 15 is 0 Å². The summed E-state index contributed by atoms with van der Waals surface area (Å²) in [4.78, 5) is 12.2. The molecule has 1 heterocycles. The smallest absolute Gasteiger partial charge is 0.160 e. The van der Waals surface area contributed by atoms with Crippen LogP contribution < -0.4 is 0 Å². The lowest BCUT2D eigenvalue weighted by Crippen LogP contribution is -2.40. The number of hydrogen-bond acceptors (Lipinski definition) is 4. The Bertz CT molecular complexity index is 856. The summed E-state index contributed by atoms with van der Waals surface area (Å²) in [6.45, 7) is 10.4. The average molecular weight is 421 g/mol. The monoisotopic (exact) mass is 420 g/mol. The van der Waals surface area contributed by atoms with Crippen molar-refractivity contribution < 1.29 is 18.3 Å². The van der Waals surface area contributed by atoms with Gasteiger partial charge in [-0.1, -0.05) is 33.3 Å². The SMILES string of the molecule is C=C(CO)C1CCC2C(C[C@@H]3C4=CC(=O)CC[C@]4(C)C(C)S3(=O)=O)CCC[C@]12C. The number of aliphatic hydroxyl groups is 1. The number of aliphatic hydroxyl groups excluding tert-OH is 1. The Morgan fingerprint density at radius 1 is 1.24 bits per heavy atom. The number of carbonyl (C=O) groups excluding carboxylic acids is 1. The van der Waals surface area contributed by atoms with E-state index in [0.717, 1.165) is 43.3 Å². The fraction of sp³-hybridized carbons (Fsp3) is 0.792. The Morgan fingerprint density at radius 2 is 1.97 bits per heavy atom. The number of ketones is 1. The first-order valence-electron chi connectivity index (χ1n) is 11.3. The zero-order valence-electron chi connectivity index (χ0n) is 18.1. The highest BCUT2D eigenvalue weighted by Crippen LogP contribution is 2.61. The normalized spacial score (nSPS) is 46.1. The topological polar surface area (TPSA) is 71.4 Å². The summed E-state index contributed by atoms with van der Waals surface area (Å²) in [5, 5.41) is 8.74. The standard InChI is InChI=1S/C24H36O4S/c1-15(14-25)19-7-8-20-17(6-5-10-24(19,20)4)12-22-21-13-18(26)9-11-23(21,3)16(2)29(22,27)28/h13,16-17,19-20,22,25H,1,5-12,14H2,2-4H3/t16?,17?,19?,20?,22-,23-,24-/m1/s1. The molecule has 0 radical (unpaired) electrons. The minimum Gasteiger partial charge on any atom is -0.392 e. The summed E-state index contributed by atoms with van der Waals surface area (Å²) >= 11 is 0. The van der Waals surface area contributed by atoms with Gasteiger partial charge in [-0.2, -0.15) is 0 Å². The van der Waals surface area contributed by atoms with Crippen LogP contribution in [0.4, 0.5) is 0 Å². The van der Waals surface area contributed by atoms with E-state index in [2.05, 4.69) is 20.4 Å². The van der Waals surface area contributed by atoms with Crippen molar-refractivity contribution in [1.82, 2.24) is 0 Å². The highest BCUT2D eigenvalue weighted by Gasteiger charge is 2.59. The molecule has 3 fully saturated rings. The Balaban J connectivity index is 1.65. The maximum atomic E-state index is 13.4. The largest absolute Gasteiger partial charge is 0.392 e. The summed E-state index contributed by atoms with van der Waals surface area (Å²) in [6.07, 6.45) is 8.88. The van der Waals surface area contributed by atoms with Crippen LogP contribution in [-0.2, 0) is 14.6 Å². The summed E-state index contributed by atoms with van der Waals surface area (Å²) in [7, 11) is -3.29. The molecule has 0 aromatic heterocycles. The molecule has 1 saturated heterocycles. The van der Waals surface area contributed by atoms with Crippen LogP contribution in [0, 0.1) is 28.6 Å². The fourth-order valence-electron chi connectivity index (χ4n) is 7.57. The first kappa shape index (κ1) is 21.3. The third kappa shape index (κ3) is 3.02. The van der Waals surface area contributed by atoms with Gasteiger partial charge in [-0.05, 0) is 79.4 Å². The van der Waals surface area contributed by atoms with Crippen LogP contribution in [0.2, 0.25) is 0 Å². The lowest BCUT2D eigenvalue weighted by molar-refractivity contribution is -0.115. The average Bonchev–Trinajstić information content (AvgIpc) is 3.10. The molecule has 3 aliphatic carbocycles. The van der Waals surface area contributed by atoms with Crippen molar-refractivity contribution in [2.45, 2.75) is 82.6 Å². The summed E-state index contributed by atoms with van der Waals surface area (Å²) in [6, 6.07) is 0. The molecule has 0 aromatic carbocycles. The van der Waals surface area contributed by atoms with Gasteiger partial charge in [-0.3, -0.25) is 4.79 Å². The highest BCUT2D eigenvalue weighted by atomic mass is 32.2. The van der Waals surface area contributed by atoms with Crippen LogP contribution >= 0.6 is 0 Å². The lowest BCUT2D eigenvalue weighted by atomic mass is 9.59. The van der Waals surface area contributed by atoms with Gasteiger partial charge in [0.15, 0.2) is 15.6 Å². The van der Waals surface area contributed by atoms with Gasteiger partial charge in [-0.25, -0.2) is 8.42 Å². The van der Waals surface area contributed by atoms with E-state index in [0.29, 0.717) is 37.0 Å². The molecule has 2 saturated carbocycles. The molecule has 0 spiro atoms. The first-order valence-corrected chi connectivity index (χ1v) is 12.9. The second-order valence-electron chi connectivity index (χ2n) is 10.6. The number of carbonyl (C=O) groups is 1. The van der Waals surface area contributed by atoms with Gasteiger partial charge in [0.25, 0.3) is 0 Å². The van der Waals surface area contributed by atoms with Crippen LogP contribution in [0.5, 0.6) is 0 Å². The second kappa shape index (κ2) is 7.05. The van der Waals surface area contributed by atoms with E-state index in [9.17, 15) is 18.3 Å². The molecule has 5 heteroatoms. The summed E-state index contributed by atoms with van der Waals surface area (Å²) in [5.41, 5.74) is 1.55. The third-order valence-corrected chi connectivity index (χ3v) is 12.2. The zero-order valence-corrected chi connectivity index (χ0v) is 18.9. The van der Waals surface area contributed by atoms with E-state index in [1.54, 1.807) is 6.08 Å². The molecule has 1 N–H and O–H groups in total. The fourth-order valence-corrected chi connectivity index (χ4v) is 10.2. The Labute approximate surface area is 175 Å². The van der Waals surface area contributed by atoms with Crippen molar-refractivity contribution in [3.8, 4) is 0 Å². The molecular weight excluding hydrogens is 384 g/mol. The molecule has 7 atom stereocenters. The van der Waals surface area contributed by atoms with E-state index in [-0.39, 0.29) is 17.8 Å². The molecule has 162 valence electrons. The van der Waals surface area contributed by atoms with Crippen LogP contribution in [0.1, 0.15) is 72.1 Å². The molecule has 1 aliphatic heterocycles. The van der Waals surface area contributed by atoms with Crippen molar-refractivity contribution in [3.63, 3.8) is 0 Å².